The first-order chi connectivity index (χ1) is 19.9. The Morgan fingerprint density at radius 2 is 1.83 bits per heavy atom. The molecule has 1 atom stereocenters. The first kappa shape index (κ1) is 28.2. The van der Waals surface area contributed by atoms with Crippen LogP contribution in [0.25, 0.3) is 6.08 Å². The third kappa shape index (κ3) is 5.50. The average molecular weight is 595 g/mol. The number of carbonyl (C=O) groups is 1. The van der Waals surface area contributed by atoms with Crippen molar-refractivity contribution in [2.75, 3.05) is 27.9 Å². The van der Waals surface area contributed by atoms with E-state index in [-0.39, 0.29) is 17.7 Å². The van der Waals surface area contributed by atoms with Crippen molar-refractivity contribution in [3.63, 3.8) is 0 Å². The van der Waals surface area contributed by atoms with E-state index in [9.17, 15) is 9.59 Å². The summed E-state index contributed by atoms with van der Waals surface area (Å²) < 4.78 is 29.7. The molecule has 1 aromatic carbocycles. The predicted molar refractivity (Wildman–Crippen MR) is 151 cm³/mol. The number of fused-ring (bicyclic) bond motifs is 1. The van der Waals surface area contributed by atoms with Gasteiger partial charge in [-0.15, -0.1) is 0 Å². The van der Waals surface area contributed by atoms with E-state index in [2.05, 4.69) is 15.0 Å². The number of esters is 1. The minimum atomic E-state index is -0.862. The molecular weight excluding hydrogens is 568 g/mol. The Morgan fingerprint density at radius 1 is 1.12 bits per heavy atom. The topological polar surface area (TPSA) is 127 Å². The Morgan fingerprint density at radius 3 is 2.46 bits per heavy atom. The van der Waals surface area contributed by atoms with Gasteiger partial charge in [-0.25, -0.2) is 19.8 Å². The molecule has 0 radical (unpaired) electrons. The lowest BCUT2D eigenvalue weighted by Crippen LogP contribution is -2.40. The van der Waals surface area contributed by atoms with E-state index in [4.69, 9.17) is 23.4 Å². The van der Waals surface area contributed by atoms with Gasteiger partial charge >= 0.3 is 5.97 Å². The quantitative estimate of drug-likeness (QED) is 0.210. The molecule has 5 rings (SSSR count). The summed E-state index contributed by atoms with van der Waals surface area (Å²) in [5.41, 5.74) is 0.886. The Hall–Kier alpha value is -4.36. The zero-order valence-corrected chi connectivity index (χ0v) is 24.5. The molecule has 1 aliphatic rings. The highest BCUT2D eigenvalue weighted by Gasteiger charge is 2.34. The lowest BCUT2D eigenvalue weighted by molar-refractivity contribution is -0.139. The lowest BCUT2D eigenvalue weighted by atomic mass is 9.95. The molecule has 0 amide bonds. The molecule has 212 valence electrons. The van der Waals surface area contributed by atoms with Gasteiger partial charge in [-0.1, -0.05) is 11.3 Å². The molecule has 4 heterocycles. The summed E-state index contributed by atoms with van der Waals surface area (Å²) in [7, 11) is 4.50. The summed E-state index contributed by atoms with van der Waals surface area (Å²) >= 11 is 2.46. The van der Waals surface area contributed by atoms with Gasteiger partial charge in [0.05, 0.1) is 49.8 Å². The van der Waals surface area contributed by atoms with Gasteiger partial charge in [0.15, 0.2) is 26.5 Å². The van der Waals surface area contributed by atoms with Gasteiger partial charge in [-0.05, 0) is 61.5 Å². The fourth-order valence-corrected chi connectivity index (χ4v) is 6.10. The van der Waals surface area contributed by atoms with E-state index in [1.807, 2.05) is 0 Å². The number of methoxy groups -OCH3 is 3. The van der Waals surface area contributed by atoms with Gasteiger partial charge in [-0.2, -0.15) is 0 Å². The van der Waals surface area contributed by atoms with Crippen LogP contribution in [0.1, 0.15) is 31.2 Å². The maximum atomic E-state index is 13.9. The van der Waals surface area contributed by atoms with Crippen molar-refractivity contribution >= 4 is 35.1 Å². The smallest absolute Gasteiger partial charge is 0.338 e. The van der Waals surface area contributed by atoms with Crippen molar-refractivity contribution in [3.05, 3.63) is 85.0 Å². The monoisotopic (exact) mass is 594 g/mol. The molecule has 3 aromatic heterocycles. The predicted octanol–water partition coefficient (Wildman–Crippen LogP) is 3.36. The van der Waals surface area contributed by atoms with Crippen LogP contribution in [0.15, 0.2) is 78.4 Å². The van der Waals surface area contributed by atoms with Gasteiger partial charge in [0.25, 0.3) is 5.56 Å². The zero-order chi connectivity index (χ0) is 29.1. The van der Waals surface area contributed by atoms with Crippen LogP contribution in [0.5, 0.6) is 17.2 Å². The van der Waals surface area contributed by atoms with E-state index in [0.29, 0.717) is 53.9 Å². The van der Waals surface area contributed by atoms with E-state index < -0.39 is 12.0 Å². The number of thiazole rings is 1. The minimum absolute atomic E-state index is 0.162. The van der Waals surface area contributed by atoms with Crippen LogP contribution < -0.4 is 29.1 Å². The van der Waals surface area contributed by atoms with E-state index in [0.717, 1.165) is 0 Å². The van der Waals surface area contributed by atoms with E-state index >= 15 is 0 Å². The van der Waals surface area contributed by atoms with E-state index in [1.54, 1.807) is 62.6 Å². The standard InChI is InChI=1S/C28H26N4O7S2/c1-6-38-26(34)22-15(2)31-28-32(23(22)16-12-18(35-3)24(37-5)19(13-16)36-4)25(33)20(40-28)14-17-8-9-21(39-17)41-27-29-10-7-11-30-27/h7-14,23H,6H2,1-5H3/b20-14+/t23-/m1/s1. The molecule has 0 saturated carbocycles. The number of furan rings is 1. The van der Waals surface area contributed by atoms with Crippen molar-refractivity contribution < 1.29 is 28.2 Å². The van der Waals surface area contributed by atoms with Gasteiger partial charge in [0.2, 0.25) is 5.75 Å². The Bertz CT molecular complexity index is 1780. The van der Waals surface area contributed by atoms with Crippen molar-refractivity contribution in [1.29, 1.82) is 0 Å². The number of rotatable bonds is 9. The fraction of sp³-hybridized carbons (Fsp3) is 0.250. The summed E-state index contributed by atoms with van der Waals surface area (Å²) in [5.74, 6) is 1.05. The molecule has 13 heteroatoms. The molecule has 1 aliphatic heterocycles. The van der Waals surface area contributed by atoms with Crippen LogP contribution in [0, 0.1) is 0 Å². The van der Waals surface area contributed by atoms with Gasteiger partial charge in [-0.3, -0.25) is 9.36 Å². The summed E-state index contributed by atoms with van der Waals surface area (Å²) in [6.45, 7) is 3.60. The first-order valence-electron chi connectivity index (χ1n) is 12.4. The number of benzene rings is 1. The van der Waals surface area contributed by atoms with Gasteiger partial charge in [0.1, 0.15) is 5.76 Å². The maximum Gasteiger partial charge on any atom is 0.338 e. The largest absolute Gasteiger partial charge is 0.493 e. The number of nitrogens with zero attached hydrogens (tertiary/aromatic N) is 4. The van der Waals surface area contributed by atoms with Crippen LogP contribution in [0.4, 0.5) is 0 Å². The molecular formula is C28H26N4O7S2. The second kappa shape index (κ2) is 12.0. The van der Waals surface area contributed by atoms with Crippen LogP contribution in [0.2, 0.25) is 0 Å². The van der Waals surface area contributed by atoms with Crippen LogP contribution in [0.3, 0.4) is 0 Å². The third-order valence-electron chi connectivity index (χ3n) is 6.13. The number of carbonyl (C=O) groups excluding carboxylic acids is 1. The van der Waals surface area contributed by atoms with Gasteiger partial charge in [0, 0.05) is 18.5 Å². The zero-order valence-electron chi connectivity index (χ0n) is 22.9. The second-order valence-electron chi connectivity index (χ2n) is 8.55. The lowest BCUT2D eigenvalue weighted by Gasteiger charge is -2.26. The summed E-state index contributed by atoms with van der Waals surface area (Å²) in [4.78, 5) is 40.5. The van der Waals surface area contributed by atoms with Crippen molar-refractivity contribution in [2.45, 2.75) is 30.1 Å². The van der Waals surface area contributed by atoms with Crippen molar-refractivity contribution in [2.24, 2.45) is 4.99 Å². The summed E-state index contributed by atoms with van der Waals surface area (Å²) in [6, 6.07) is 7.84. The minimum Gasteiger partial charge on any atom is -0.493 e. The Labute approximate surface area is 242 Å². The molecule has 0 unspecified atom stereocenters. The highest BCUT2D eigenvalue weighted by molar-refractivity contribution is 7.99. The third-order valence-corrected chi connectivity index (χ3v) is 7.93. The Balaban J connectivity index is 1.65. The van der Waals surface area contributed by atoms with Crippen LogP contribution >= 0.6 is 23.1 Å². The molecule has 0 spiro atoms. The number of hydrogen-bond acceptors (Lipinski definition) is 12. The average Bonchev–Trinajstić information content (AvgIpc) is 3.54. The van der Waals surface area contributed by atoms with E-state index in [1.165, 1.54) is 49.0 Å². The molecule has 0 bridgehead atoms. The molecule has 11 nitrogen and oxygen atoms in total. The van der Waals surface area contributed by atoms with Crippen molar-refractivity contribution in [3.8, 4) is 17.2 Å². The fourth-order valence-electron chi connectivity index (χ4n) is 4.39. The molecule has 0 aliphatic carbocycles. The summed E-state index contributed by atoms with van der Waals surface area (Å²) in [6.07, 6.45) is 4.95. The molecule has 0 fully saturated rings. The Kier molecular flexibility index (Phi) is 8.26. The highest BCUT2D eigenvalue weighted by Crippen LogP contribution is 2.42. The maximum absolute atomic E-state index is 13.9. The van der Waals surface area contributed by atoms with Gasteiger partial charge < -0.3 is 23.4 Å². The number of ether oxygens (including phenoxy) is 4. The molecule has 41 heavy (non-hydrogen) atoms. The number of hydrogen-bond donors (Lipinski definition) is 0. The normalized spacial score (nSPS) is 14.9. The molecule has 0 saturated heterocycles. The van der Waals surface area contributed by atoms with Crippen LogP contribution in [-0.4, -0.2) is 48.4 Å². The summed E-state index contributed by atoms with van der Waals surface area (Å²) in [5, 5.41) is 1.12. The first-order valence-corrected chi connectivity index (χ1v) is 14.1. The highest BCUT2D eigenvalue weighted by atomic mass is 32.2. The molecule has 4 aromatic rings. The number of aromatic nitrogens is 3. The molecule has 0 N–H and O–H groups in total. The van der Waals surface area contributed by atoms with Crippen LogP contribution in [-0.2, 0) is 9.53 Å². The number of allylic oxidation sites excluding steroid dienone is 1. The SMILES string of the molecule is CCOC(=O)C1=C(C)N=c2s/c(=C/c3ccc(Sc4ncccn4)o3)c(=O)n2[C@@H]1c1cc(OC)c(OC)c(OC)c1. The van der Waals surface area contributed by atoms with Crippen molar-refractivity contribution in [1.82, 2.24) is 14.5 Å². The second-order valence-corrected chi connectivity index (χ2v) is 10.5.